The van der Waals surface area contributed by atoms with Crippen LogP contribution >= 0.6 is 11.3 Å². The number of nitrogens with zero attached hydrogens (tertiary/aromatic N) is 2. The largest absolute Gasteiger partial charge is 0.396 e. The van der Waals surface area contributed by atoms with Crippen molar-refractivity contribution in [3.63, 3.8) is 0 Å². The van der Waals surface area contributed by atoms with Crippen molar-refractivity contribution in [3.05, 3.63) is 16.1 Å². The van der Waals surface area contributed by atoms with Gasteiger partial charge in [0.1, 0.15) is 0 Å². The molecule has 4 nitrogen and oxygen atoms in total. The highest BCUT2D eigenvalue weighted by Gasteiger charge is 2.10. The van der Waals surface area contributed by atoms with Gasteiger partial charge in [0.2, 0.25) is 5.91 Å². The summed E-state index contributed by atoms with van der Waals surface area (Å²) < 4.78 is 0. The lowest BCUT2D eigenvalue weighted by Gasteiger charge is -2.16. The van der Waals surface area contributed by atoms with E-state index in [1.54, 1.807) is 16.2 Å². The Hall–Kier alpha value is -0.940. The van der Waals surface area contributed by atoms with Crippen molar-refractivity contribution in [2.75, 3.05) is 20.2 Å². The van der Waals surface area contributed by atoms with Gasteiger partial charge in [-0.05, 0) is 26.2 Å². The van der Waals surface area contributed by atoms with Crippen LogP contribution in [0.3, 0.4) is 0 Å². The van der Waals surface area contributed by atoms with Gasteiger partial charge in [0.25, 0.3) is 0 Å². The molecule has 0 spiro atoms. The molecule has 0 aromatic carbocycles. The van der Waals surface area contributed by atoms with Gasteiger partial charge >= 0.3 is 0 Å². The summed E-state index contributed by atoms with van der Waals surface area (Å²) in [4.78, 5) is 17.8. The van der Waals surface area contributed by atoms with E-state index in [1.807, 2.05) is 19.4 Å². The standard InChI is InChI=1S/C12H20N2O2S/c1-10-13-11(9-17-10)8-12(16)14(2)6-4-3-5-7-15/h9,15H,3-8H2,1-2H3. The van der Waals surface area contributed by atoms with E-state index < -0.39 is 0 Å². The second-order valence-electron chi connectivity index (χ2n) is 4.13. The molecule has 0 fully saturated rings. The van der Waals surface area contributed by atoms with Crippen molar-refractivity contribution in [2.45, 2.75) is 32.6 Å². The molecule has 0 bridgehead atoms. The number of aromatic nitrogens is 1. The normalized spacial score (nSPS) is 10.5. The molecule has 0 aliphatic heterocycles. The lowest BCUT2D eigenvalue weighted by molar-refractivity contribution is -0.129. The molecule has 0 aliphatic carbocycles. The summed E-state index contributed by atoms with van der Waals surface area (Å²) in [7, 11) is 1.82. The number of hydrogen-bond donors (Lipinski definition) is 1. The summed E-state index contributed by atoms with van der Waals surface area (Å²) in [5.74, 6) is 0.110. The first kappa shape index (κ1) is 14.1. The van der Waals surface area contributed by atoms with Gasteiger partial charge in [-0.1, -0.05) is 0 Å². The average molecular weight is 256 g/mol. The van der Waals surface area contributed by atoms with Crippen LogP contribution in [-0.2, 0) is 11.2 Å². The highest BCUT2D eigenvalue weighted by molar-refractivity contribution is 7.09. The Morgan fingerprint density at radius 1 is 1.47 bits per heavy atom. The molecule has 1 rings (SSSR count). The number of carbonyl (C=O) groups excluding carboxylic acids is 1. The van der Waals surface area contributed by atoms with E-state index in [-0.39, 0.29) is 12.5 Å². The van der Waals surface area contributed by atoms with E-state index >= 15 is 0 Å². The zero-order valence-electron chi connectivity index (χ0n) is 10.5. The zero-order valence-corrected chi connectivity index (χ0v) is 11.3. The summed E-state index contributed by atoms with van der Waals surface area (Å²) in [5, 5.41) is 11.6. The van der Waals surface area contributed by atoms with Crippen LogP contribution < -0.4 is 0 Å². The lowest BCUT2D eigenvalue weighted by atomic mass is 10.2. The number of rotatable bonds is 7. The van der Waals surface area contributed by atoms with Gasteiger partial charge in [-0.15, -0.1) is 11.3 Å². The van der Waals surface area contributed by atoms with E-state index in [0.29, 0.717) is 6.42 Å². The van der Waals surface area contributed by atoms with Gasteiger partial charge in [-0.2, -0.15) is 0 Å². The van der Waals surface area contributed by atoms with Crippen molar-refractivity contribution >= 4 is 17.2 Å². The van der Waals surface area contributed by atoms with Gasteiger partial charge in [-0.25, -0.2) is 4.98 Å². The van der Waals surface area contributed by atoms with Gasteiger partial charge in [0.05, 0.1) is 17.1 Å². The number of hydrogen-bond acceptors (Lipinski definition) is 4. The van der Waals surface area contributed by atoms with Gasteiger partial charge in [-0.3, -0.25) is 4.79 Å². The van der Waals surface area contributed by atoms with E-state index in [4.69, 9.17) is 5.11 Å². The number of aliphatic hydroxyl groups excluding tert-OH is 1. The monoisotopic (exact) mass is 256 g/mol. The minimum absolute atomic E-state index is 0.110. The van der Waals surface area contributed by atoms with Crippen LogP contribution in [0.5, 0.6) is 0 Å². The maximum Gasteiger partial charge on any atom is 0.228 e. The summed E-state index contributed by atoms with van der Waals surface area (Å²) >= 11 is 1.57. The second kappa shape index (κ2) is 7.40. The SMILES string of the molecule is Cc1nc(CC(=O)N(C)CCCCCO)cs1. The fraction of sp³-hybridized carbons (Fsp3) is 0.667. The fourth-order valence-corrected chi connectivity index (χ4v) is 2.15. The Morgan fingerprint density at radius 3 is 2.82 bits per heavy atom. The molecule has 1 aromatic heterocycles. The van der Waals surface area contributed by atoms with Crippen molar-refractivity contribution in [1.82, 2.24) is 9.88 Å². The molecule has 5 heteroatoms. The highest BCUT2D eigenvalue weighted by Crippen LogP contribution is 2.09. The molecule has 17 heavy (non-hydrogen) atoms. The van der Waals surface area contributed by atoms with Gasteiger partial charge in [0, 0.05) is 25.6 Å². The minimum atomic E-state index is 0.110. The maximum absolute atomic E-state index is 11.8. The first-order valence-electron chi connectivity index (χ1n) is 5.89. The van der Waals surface area contributed by atoms with Crippen LogP contribution in [0.4, 0.5) is 0 Å². The van der Waals surface area contributed by atoms with Crippen LogP contribution in [0, 0.1) is 6.92 Å². The zero-order chi connectivity index (χ0) is 12.7. The topological polar surface area (TPSA) is 53.4 Å². The molecule has 1 heterocycles. The summed E-state index contributed by atoms with van der Waals surface area (Å²) in [5.41, 5.74) is 0.861. The smallest absolute Gasteiger partial charge is 0.228 e. The van der Waals surface area contributed by atoms with Crippen LogP contribution in [0.15, 0.2) is 5.38 Å². The number of likely N-dealkylation sites (N-methyl/N-ethyl adjacent to an activating group) is 1. The van der Waals surface area contributed by atoms with E-state index in [9.17, 15) is 4.79 Å². The third-order valence-corrected chi connectivity index (χ3v) is 3.40. The molecule has 0 aliphatic rings. The second-order valence-corrected chi connectivity index (χ2v) is 5.20. The molecule has 1 amide bonds. The Balaban J connectivity index is 2.27. The van der Waals surface area contributed by atoms with Crippen LogP contribution in [0.25, 0.3) is 0 Å². The molecular weight excluding hydrogens is 236 g/mol. The maximum atomic E-state index is 11.8. The average Bonchev–Trinajstić information content (AvgIpc) is 2.70. The van der Waals surface area contributed by atoms with E-state index in [2.05, 4.69) is 4.98 Å². The van der Waals surface area contributed by atoms with E-state index in [1.165, 1.54) is 0 Å². The number of thiazole rings is 1. The number of aryl methyl sites for hydroxylation is 1. The summed E-state index contributed by atoms with van der Waals surface area (Å²) in [6.07, 6.45) is 3.11. The molecule has 0 saturated carbocycles. The van der Waals surface area contributed by atoms with Crippen molar-refractivity contribution in [1.29, 1.82) is 0 Å². The quantitative estimate of drug-likeness (QED) is 0.754. The fourth-order valence-electron chi connectivity index (χ4n) is 1.54. The minimum Gasteiger partial charge on any atom is -0.396 e. The first-order valence-corrected chi connectivity index (χ1v) is 6.77. The Labute approximate surface area is 106 Å². The summed E-state index contributed by atoms with van der Waals surface area (Å²) in [6, 6.07) is 0. The molecule has 1 aromatic rings. The van der Waals surface area contributed by atoms with Crippen molar-refractivity contribution in [2.24, 2.45) is 0 Å². The number of carbonyl (C=O) groups is 1. The number of amides is 1. The van der Waals surface area contributed by atoms with Crippen LogP contribution in [0.1, 0.15) is 30.0 Å². The first-order chi connectivity index (χ1) is 8.13. The van der Waals surface area contributed by atoms with Crippen LogP contribution in [0.2, 0.25) is 0 Å². The van der Waals surface area contributed by atoms with Crippen molar-refractivity contribution in [3.8, 4) is 0 Å². The predicted octanol–water partition coefficient (Wildman–Crippen LogP) is 1.62. The number of aliphatic hydroxyl groups is 1. The lowest BCUT2D eigenvalue weighted by Crippen LogP contribution is -2.29. The third-order valence-electron chi connectivity index (χ3n) is 2.58. The Kier molecular flexibility index (Phi) is 6.15. The Bertz CT molecular complexity index is 352. The van der Waals surface area contributed by atoms with Crippen LogP contribution in [-0.4, -0.2) is 41.1 Å². The molecule has 1 N–H and O–H groups in total. The number of unbranched alkanes of at least 4 members (excludes halogenated alkanes) is 2. The molecule has 0 saturated heterocycles. The molecule has 96 valence electrons. The predicted molar refractivity (Wildman–Crippen MR) is 69.1 cm³/mol. The van der Waals surface area contributed by atoms with Crippen molar-refractivity contribution < 1.29 is 9.90 Å². The Morgan fingerprint density at radius 2 is 2.24 bits per heavy atom. The highest BCUT2D eigenvalue weighted by atomic mass is 32.1. The molecule has 0 unspecified atom stereocenters. The van der Waals surface area contributed by atoms with Gasteiger partial charge < -0.3 is 10.0 Å². The summed E-state index contributed by atoms with van der Waals surface area (Å²) in [6.45, 7) is 2.93. The molecular formula is C12H20N2O2S. The third kappa shape index (κ3) is 5.28. The van der Waals surface area contributed by atoms with Gasteiger partial charge in [0.15, 0.2) is 0 Å². The molecule has 0 radical (unpaired) electrons. The van der Waals surface area contributed by atoms with E-state index in [0.717, 1.165) is 36.5 Å². The molecule has 0 atom stereocenters.